The Hall–Kier alpha value is -0.740. The number of rotatable bonds is 7. The molecule has 2 unspecified atom stereocenters. The van der Waals surface area contributed by atoms with Gasteiger partial charge in [0.15, 0.2) is 0 Å². The average Bonchev–Trinajstić information content (AvgIpc) is 2.42. The van der Waals surface area contributed by atoms with Crippen LogP contribution in [0.1, 0.15) is 27.7 Å². The number of nitrogens with one attached hydrogen (secondary N) is 1. The van der Waals surface area contributed by atoms with Crippen molar-refractivity contribution >= 4 is 36.7 Å². The van der Waals surface area contributed by atoms with Gasteiger partial charge in [-0.2, -0.15) is 0 Å². The normalized spacial score (nSPS) is 15.2. The lowest BCUT2D eigenvalue weighted by atomic mass is 10.3. The zero-order chi connectivity index (χ0) is 16.9. The van der Waals surface area contributed by atoms with E-state index in [1.165, 1.54) is 6.07 Å². The van der Waals surface area contributed by atoms with Crippen LogP contribution in [0.2, 0.25) is 10.0 Å². The summed E-state index contributed by atoms with van der Waals surface area (Å²) < 4.78 is 23.3. The summed E-state index contributed by atoms with van der Waals surface area (Å²) in [6, 6.07) is 3.84. The molecule has 0 aromatic heterocycles. The smallest absolute Gasteiger partial charge is 0.323 e. The third-order valence-electron chi connectivity index (χ3n) is 2.66. The molecule has 0 fully saturated rings. The lowest BCUT2D eigenvalue weighted by Gasteiger charge is -2.23. The molecule has 1 rings (SSSR count). The Kier molecular flexibility index (Phi) is 7.20. The van der Waals surface area contributed by atoms with E-state index in [9.17, 15) is 9.36 Å². The number of hydrogen-bond donors (Lipinski definition) is 1. The molecule has 0 bridgehead atoms. The van der Waals surface area contributed by atoms with E-state index >= 15 is 0 Å². The van der Waals surface area contributed by atoms with E-state index in [1.54, 1.807) is 39.8 Å². The number of carbonyl (C=O) groups is 1. The Morgan fingerprint density at radius 1 is 1.27 bits per heavy atom. The molecule has 0 heterocycles. The minimum atomic E-state index is -3.26. The van der Waals surface area contributed by atoms with E-state index in [0.29, 0.717) is 15.8 Å². The average molecular weight is 368 g/mol. The van der Waals surface area contributed by atoms with Gasteiger partial charge < -0.3 is 9.26 Å². The highest BCUT2D eigenvalue weighted by Crippen LogP contribution is 2.44. The van der Waals surface area contributed by atoms with Crippen LogP contribution in [0, 0.1) is 0 Å². The number of hydrogen-bond acceptors (Lipinski definition) is 4. The topological polar surface area (TPSA) is 64.6 Å². The van der Waals surface area contributed by atoms with Crippen molar-refractivity contribution < 1.29 is 18.6 Å². The molecule has 0 aliphatic heterocycles. The number of carbonyl (C=O) groups excluding carboxylic acids is 1. The predicted octanol–water partition coefficient (Wildman–Crippen LogP) is 4.51. The van der Waals surface area contributed by atoms with Gasteiger partial charge in [-0.05, 0) is 32.9 Å². The van der Waals surface area contributed by atoms with Gasteiger partial charge in [-0.15, -0.1) is 0 Å². The standard InChI is InChI=1S/C14H20Cl2NO4P/c1-5-22(19,17-10(4)14(18)20-9(2)3)21-11-6-7-12(15)13(16)8-11/h6-10H,5H2,1-4H3,(H,17,19). The first-order chi connectivity index (χ1) is 10.2. The summed E-state index contributed by atoms with van der Waals surface area (Å²) in [6.07, 6.45) is -0.0410. The van der Waals surface area contributed by atoms with Crippen LogP contribution >= 0.6 is 30.7 Å². The molecule has 0 aliphatic rings. The molecular formula is C14H20Cl2NO4P. The molecule has 1 aromatic rings. The molecule has 22 heavy (non-hydrogen) atoms. The van der Waals surface area contributed by atoms with E-state index in [1.807, 2.05) is 0 Å². The van der Waals surface area contributed by atoms with Gasteiger partial charge in [0.2, 0.25) is 0 Å². The molecule has 124 valence electrons. The van der Waals surface area contributed by atoms with Crippen LogP contribution in [0.15, 0.2) is 18.2 Å². The molecule has 0 saturated carbocycles. The van der Waals surface area contributed by atoms with Crippen molar-refractivity contribution in [2.45, 2.75) is 39.8 Å². The first-order valence-electron chi connectivity index (χ1n) is 6.89. The second-order valence-electron chi connectivity index (χ2n) is 4.99. The monoisotopic (exact) mass is 367 g/mol. The van der Waals surface area contributed by atoms with Crippen LogP contribution in [0.3, 0.4) is 0 Å². The molecular weight excluding hydrogens is 348 g/mol. The third kappa shape index (κ3) is 5.81. The number of ether oxygens (including phenoxy) is 1. The van der Waals surface area contributed by atoms with Gasteiger partial charge >= 0.3 is 13.5 Å². The van der Waals surface area contributed by atoms with Crippen LogP contribution in [-0.4, -0.2) is 24.3 Å². The van der Waals surface area contributed by atoms with Crippen molar-refractivity contribution in [3.05, 3.63) is 28.2 Å². The zero-order valence-electron chi connectivity index (χ0n) is 12.9. The van der Waals surface area contributed by atoms with Gasteiger partial charge in [0.1, 0.15) is 11.8 Å². The summed E-state index contributed by atoms with van der Waals surface area (Å²) in [5.41, 5.74) is 0. The number of esters is 1. The second kappa shape index (κ2) is 8.21. The van der Waals surface area contributed by atoms with Crippen LogP contribution < -0.4 is 9.61 Å². The third-order valence-corrected chi connectivity index (χ3v) is 5.51. The van der Waals surface area contributed by atoms with E-state index in [4.69, 9.17) is 32.5 Å². The zero-order valence-corrected chi connectivity index (χ0v) is 15.3. The SMILES string of the molecule is CCP(=O)(NC(C)C(=O)OC(C)C)Oc1ccc(Cl)c(Cl)c1. The predicted molar refractivity (Wildman–Crippen MR) is 89.1 cm³/mol. The summed E-state index contributed by atoms with van der Waals surface area (Å²) in [6.45, 7) is 6.77. The van der Waals surface area contributed by atoms with Crippen LogP contribution in [0.4, 0.5) is 0 Å². The second-order valence-corrected chi connectivity index (χ2v) is 8.23. The minimum Gasteiger partial charge on any atom is -0.462 e. The van der Waals surface area contributed by atoms with Crippen LogP contribution in [0.25, 0.3) is 0 Å². The number of benzene rings is 1. The lowest BCUT2D eigenvalue weighted by Crippen LogP contribution is -2.36. The summed E-state index contributed by atoms with van der Waals surface area (Å²) >= 11 is 11.7. The van der Waals surface area contributed by atoms with Crippen molar-refractivity contribution in [3.63, 3.8) is 0 Å². The first-order valence-corrected chi connectivity index (χ1v) is 9.45. The van der Waals surface area contributed by atoms with E-state index in [2.05, 4.69) is 5.09 Å². The highest BCUT2D eigenvalue weighted by atomic mass is 35.5. The van der Waals surface area contributed by atoms with Gasteiger partial charge in [0, 0.05) is 12.2 Å². The van der Waals surface area contributed by atoms with Gasteiger partial charge in [0.25, 0.3) is 0 Å². The lowest BCUT2D eigenvalue weighted by molar-refractivity contribution is -0.149. The van der Waals surface area contributed by atoms with Gasteiger partial charge in [-0.25, -0.2) is 5.09 Å². The van der Waals surface area contributed by atoms with Crippen LogP contribution in [0.5, 0.6) is 5.75 Å². The molecule has 2 atom stereocenters. The Labute approximate surface area is 140 Å². The van der Waals surface area contributed by atoms with Crippen LogP contribution in [-0.2, 0) is 14.1 Å². The molecule has 0 saturated heterocycles. The summed E-state index contributed by atoms with van der Waals surface area (Å²) in [5.74, 6) is -0.169. The largest absolute Gasteiger partial charge is 0.462 e. The molecule has 8 heteroatoms. The molecule has 0 spiro atoms. The summed E-state index contributed by atoms with van der Waals surface area (Å²) in [5, 5.41) is 3.39. The van der Waals surface area contributed by atoms with Gasteiger partial charge in [-0.1, -0.05) is 30.1 Å². The fourth-order valence-electron chi connectivity index (χ4n) is 1.57. The highest BCUT2D eigenvalue weighted by molar-refractivity contribution is 7.57. The number of halogens is 2. The fourth-order valence-corrected chi connectivity index (χ4v) is 3.37. The molecule has 0 aliphatic carbocycles. The van der Waals surface area contributed by atoms with Crippen molar-refractivity contribution in [2.24, 2.45) is 0 Å². The molecule has 1 N–H and O–H groups in total. The van der Waals surface area contributed by atoms with E-state index < -0.39 is 19.5 Å². The highest BCUT2D eigenvalue weighted by Gasteiger charge is 2.29. The van der Waals surface area contributed by atoms with E-state index in [-0.39, 0.29) is 12.3 Å². The Morgan fingerprint density at radius 2 is 1.91 bits per heavy atom. The van der Waals surface area contributed by atoms with Crippen molar-refractivity contribution in [1.82, 2.24) is 5.09 Å². The maximum atomic E-state index is 12.7. The summed E-state index contributed by atoms with van der Waals surface area (Å²) in [4.78, 5) is 11.8. The van der Waals surface area contributed by atoms with Gasteiger partial charge in [0.05, 0.1) is 16.1 Å². The van der Waals surface area contributed by atoms with Crippen molar-refractivity contribution in [1.29, 1.82) is 0 Å². The van der Waals surface area contributed by atoms with Crippen molar-refractivity contribution in [2.75, 3.05) is 6.16 Å². The van der Waals surface area contributed by atoms with E-state index in [0.717, 1.165) is 0 Å². The molecule has 1 aromatic carbocycles. The Balaban J connectivity index is 2.81. The fraction of sp³-hybridized carbons (Fsp3) is 0.500. The summed E-state index contributed by atoms with van der Waals surface area (Å²) in [7, 11) is -3.26. The molecule has 0 amide bonds. The maximum absolute atomic E-state index is 12.7. The quantitative estimate of drug-likeness (QED) is 0.567. The Bertz CT molecular complexity index is 580. The minimum absolute atomic E-state index is 0.201. The molecule has 0 radical (unpaired) electrons. The maximum Gasteiger partial charge on any atom is 0.323 e. The van der Waals surface area contributed by atoms with Gasteiger partial charge in [-0.3, -0.25) is 9.36 Å². The first kappa shape index (κ1) is 19.3. The molecule has 5 nitrogen and oxygen atoms in total. The Morgan fingerprint density at radius 3 is 2.41 bits per heavy atom. The van der Waals surface area contributed by atoms with Crippen molar-refractivity contribution in [3.8, 4) is 5.75 Å².